The maximum Gasteiger partial charge on any atom is 0.416 e. The van der Waals surface area contributed by atoms with Crippen molar-refractivity contribution in [1.29, 1.82) is 0 Å². The van der Waals surface area contributed by atoms with Crippen LogP contribution in [-0.4, -0.2) is 40.6 Å². The van der Waals surface area contributed by atoms with Gasteiger partial charge in [0.2, 0.25) is 0 Å². The summed E-state index contributed by atoms with van der Waals surface area (Å²) >= 11 is 6.14. The first-order chi connectivity index (χ1) is 16.1. The smallest absolute Gasteiger partial charge is 0.383 e. The van der Waals surface area contributed by atoms with Crippen molar-refractivity contribution in [2.24, 2.45) is 0 Å². The molecule has 1 aromatic heterocycles. The van der Waals surface area contributed by atoms with Gasteiger partial charge in [0.15, 0.2) is 0 Å². The highest BCUT2D eigenvalue weighted by Gasteiger charge is 2.30. The van der Waals surface area contributed by atoms with E-state index in [1.807, 2.05) is 0 Å². The monoisotopic (exact) mass is 495 g/mol. The van der Waals surface area contributed by atoms with E-state index in [1.165, 1.54) is 30.2 Å². The standard InChI is InChI=1S/C23H21ClF3N3O4/c1-34-11-10-29(22(31)20-8-7-18(30(32)33)13-21(20)24)15-19-6-3-9-28(19)14-16-4-2-5-17(12-16)23(25,26)27/h2-9,12-13H,10-11,14-15H2,1H3. The third-order valence-electron chi connectivity index (χ3n) is 5.13. The molecule has 0 aliphatic carbocycles. The summed E-state index contributed by atoms with van der Waals surface area (Å²) in [6.45, 7) is 0.736. The largest absolute Gasteiger partial charge is 0.416 e. The van der Waals surface area contributed by atoms with Crippen LogP contribution in [0.1, 0.15) is 27.2 Å². The Morgan fingerprint density at radius 2 is 1.94 bits per heavy atom. The predicted octanol–water partition coefficient (Wildman–Crippen LogP) is 5.41. The topological polar surface area (TPSA) is 77.6 Å². The predicted molar refractivity (Wildman–Crippen MR) is 120 cm³/mol. The number of alkyl halides is 3. The van der Waals surface area contributed by atoms with Crippen LogP contribution < -0.4 is 0 Å². The van der Waals surface area contributed by atoms with Crippen LogP contribution in [0.2, 0.25) is 5.02 Å². The molecular weight excluding hydrogens is 475 g/mol. The lowest BCUT2D eigenvalue weighted by molar-refractivity contribution is -0.384. The minimum Gasteiger partial charge on any atom is -0.383 e. The highest BCUT2D eigenvalue weighted by atomic mass is 35.5. The summed E-state index contributed by atoms with van der Waals surface area (Å²) in [4.78, 5) is 25.0. The van der Waals surface area contributed by atoms with Gasteiger partial charge in [-0.3, -0.25) is 14.9 Å². The van der Waals surface area contributed by atoms with Gasteiger partial charge < -0.3 is 14.2 Å². The molecule has 0 N–H and O–H groups in total. The molecule has 0 aliphatic heterocycles. The number of aromatic nitrogens is 1. The van der Waals surface area contributed by atoms with Crippen molar-refractivity contribution in [2.45, 2.75) is 19.3 Å². The van der Waals surface area contributed by atoms with Crippen molar-refractivity contribution in [2.75, 3.05) is 20.3 Å². The molecule has 0 saturated heterocycles. The van der Waals surface area contributed by atoms with Crippen LogP contribution in [0, 0.1) is 10.1 Å². The van der Waals surface area contributed by atoms with E-state index in [4.69, 9.17) is 16.3 Å². The van der Waals surface area contributed by atoms with E-state index in [0.29, 0.717) is 11.3 Å². The van der Waals surface area contributed by atoms with E-state index < -0.39 is 22.6 Å². The molecule has 1 heterocycles. The first-order valence-corrected chi connectivity index (χ1v) is 10.5. The van der Waals surface area contributed by atoms with Gasteiger partial charge in [0.05, 0.1) is 34.2 Å². The molecule has 7 nitrogen and oxygen atoms in total. The van der Waals surface area contributed by atoms with Gasteiger partial charge in [-0.05, 0) is 35.9 Å². The Morgan fingerprint density at radius 3 is 2.59 bits per heavy atom. The summed E-state index contributed by atoms with van der Waals surface area (Å²) in [6, 6.07) is 12.2. The van der Waals surface area contributed by atoms with Crippen LogP contribution in [0.5, 0.6) is 0 Å². The SMILES string of the molecule is COCCN(Cc1cccn1Cc1cccc(C(F)(F)F)c1)C(=O)c1ccc([N+](=O)[O-])cc1Cl. The molecule has 1 amide bonds. The number of benzene rings is 2. The molecule has 3 rings (SSSR count). The summed E-state index contributed by atoms with van der Waals surface area (Å²) in [5.74, 6) is -0.455. The lowest BCUT2D eigenvalue weighted by atomic mass is 10.1. The molecule has 0 unspecified atom stereocenters. The third-order valence-corrected chi connectivity index (χ3v) is 5.44. The number of rotatable bonds is 9. The molecule has 11 heteroatoms. The Labute approximate surface area is 198 Å². The van der Waals surface area contributed by atoms with Gasteiger partial charge in [0.1, 0.15) is 0 Å². The average Bonchev–Trinajstić information content (AvgIpc) is 3.22. The zero-order valence-electron chi connectivity index (χ0n) is 18.1. The van der Waals surface area contributed by atoms with Crippen LogP contribution in [0.25, 0.3) is 0 Å². The van der Waals surface area contributed by atoms with E-state index in [9.17, 15) is 28.1 Å². The summed E-state index contributed by atoms with van der Waals surface area (Å²) in [5.41, 5.74) is 0.267. The van der Waals surface area contributed by atoms with Gasteiger partial charge in [0.25, 0.3) is 11.6 Å². The van der Waals surface area contributed by atoms with Crippen molar-refractivity contribution in [3.63, 3.8) is 0 Å². The van der Waals surface area contributed by atoms with Crippen molar-refractivity contribution < 1.29 is 27.6 Å². The highest BCUT2D eigenvalue weighted by Crippen LogP contribution is 2.30. The molecule has 180 valence electrons. The number of nitro benzene ring substituents is 1. The number of nitrogens with zero attached hydrogens (tertiary/aromatic N) is 3. The maximum absolute atomic E-state index is 13.2. The minimum absolute atomic E-state index is 0.0547. The van der Waals surface area contributed by atoms with E-state index in [2.05, 4.69) is 0 Å². The number of non-ortho nitro benzene ring substituents is 1. The van der Waals surface area contributed by atoms with Crippen LogP contribution in [0.15, 0.2) is 60.8 Å². The van der Waals surface area contributed by atoms with Crippen molar-refractivity contribution in [3.8, 4) is 0 Å². The average molecular weight is 496 g/mol. The molecule has 3 aromatic rings. The van der Waals surface area contributed by atoms with Crippen LogP contribution in [0.4, 0.5) is 18.9 Å². The second-order valence-electron chi connectivity index (χ2n) is 7.47. The van der Waals surface area contributed by atoms with Gasteiger partial charge in [0, 0.05) is 44.2 Å². The van der Waals surface area contributed by atoms with Crippen molar-refractivity contribution in [3.05, 3.63) is 98.3 Å². The van der Waals surface area contributed by atoms with Gasteiger partial charge >= 0.3 is 6.18 Å². The molecule has 0 radical (unpaired) electrons. The number of methoxy groups -OCH3 is 1. The van der Waals surface area contributed by atoms with E-state index in [0.717, 1.165) is 18.2 Å². The number of hydrogen-bond acceptors (Lipinski definition) is 4. The second kappa shape index (κ2) is 10.7. The summed E-state index contributed by atoms with van der Waals surface area (Å²) in [5, 5.41) is 10.9. The number of amides is 1. The van der Waals surface area contributed by atoms with Gasteiger partial charge in [-0.1, -0.05) is 23.7 Å². The van der Waals surface area contributed by atoms with Crippen LogP contribution >= 0.6 is 11.6 Å². The van der Waals surface area contributed by atoms with Crippen molar-refractivity contribution in [1.82, 2.24) is 9.47 Å². The Morgan fingerprint density at radius 1 is 1.18 bits per heavy atom. The summed E-state index contributed by atoms with van der Waals surface area (Å²) < 4.78 is 46.0. The molecule has 0 aliphatic rings. The molecular formula is C23H21ClF3N3O4. The number of nitro groups is 1. The number of ether oxygens (including phenoxy) is 1. The Hall–Kier alpha value is -3.37. The maximum atomic E-state index is 13.2. The lowest BCUT2D eigenvalue weighted by Gasteiger charge is -2.24. The van der Waals surface area contributed by atoms with E-state index >= 15 is 0 Å². The summed E-state index contributed by atoms with van der Waals surface area (Å²) in [6.07, 6.45) is -2.73. The molecule has 0 fully saturated rings. The molecule has 2 aromatic carbocycles. The fourth-order valence-corrected chi connectivity index (χ4v) is 3.66. The molecule has 0 atom stereocenters. The molecule has 0 bridgehead atoms. The summed E-state index contributed by atoms with van der Waals surface area (Å²) in [7, 11) is 1.48. The van der Waals surface area contributed by atoms with Crippen LogP contribution in [-0.2, 0) is 24.0 Å². The quantitative estimate of drug-likeness (QED) is 0.294. The van der Waals surface area contributed by atoms with Gasteiger partial charge in [-0.2, -0.15) is 13.2 Å². The second-order valence-corrected chi connectivity index (χ2v) is 7.87. The zero-order valence-corrected chi connectivity index (χ0v) is 18.8. The van der Waals surface area contributed by atoms with Gasteiger partial charge in [-0.25, -0.2) is 0 Å². The number of carbonyl (C=O) groups is 1. The highest BCUT2D eigenvalue weighted by molar-refractivity contribution is 6.34. The lowest BCUT2D eigenvalue weighted by Crippen LogP contribution is -2.34. The fraction of sp³-hybridized carbons (Fsp3) is 0.261. The Kier molecular flexibility index (Phi) is 7.95. The Balaban J connectivity index is 1.84. The fourth-order valence-electron chi connectivity index (χ4n) is 3.40. The first-order valence-electron chi connectivity index (χ1n) is 10.1. The normalized spacial score (nSPS) is 11.4. The Bertz CT molecular complexity index is 1180. The molecule has 0 spiro atoms. The minimum atomic E-state index is -4.44. The number of halogens is 4. The van der Waals surface area contributed by atoms with Crippen LogP contribution in [0.3, 0.4) is 0 Å². The van der Waals surface area contributed by atoms with E-state index in [1.54, 1.807) is 29.0 Å². The number of carbonyl (C=O) groups excluding carboxylic acids is 1. The molecule has 34 heavy (non-hydrogen) atoms. The van der Waals surface area contributed by atoms with Crippen molar-refractivity contribution >= 4 is 23.2 Å². The first kappa shape index (κ1) is 25.3. The zero-order chi connectivity index (χ0) is 24.9. The third kappa shape index (κ3) is 6.15. The van der Waals surface area contributed by atoms with E-state index in [-0.39, 0.29) is 42.5 Å². The van der Waals surface area contributed by atoms with Gasteiger partial charge in [-0.15, -0.1) is 0 Å². The number of hydrogen-bond donors (Lipinski definition) is 0. The molecule has 0 saturated carbocycles.